The molecule has 0 N–H and O–H groups in total. The van der Waals surface area contributed by atoms with Gasteiger partial charge in [-0.05, 0) is 19.9 Å². The molecule has 0 saturated heterocycles. The lowest BCUT2D eigenvalue weighted by molar-refractivity contribution is 0.102. The van der Waals surface area contributed by atoms with Crippen molar-refractivity contribution in [1.29, 1.82) is 0 Å². The molecule has 5 heteroatoms. The zero-order chi connectivity index (χ0) is 14.0. The van der Waals surface area contributed by atoms with Crippen molar-refractivity contribution in [2.45, 2.75) is 33.2 Å². The Hall–Kier alpha value is -1.13. The van der Waals surface area contributed by atoms with Crippen LogP contribution in [0.5, 0.6) is 0 Å². The molecule has 2 aromatic rings. The molecular weight excluding hydrogens is 280 g/mol. The lowest BCUT2D eigenvalue weighted by Gasteiger charge is -2.14. The number of rotatable bonds is 5. The Labute approximate surface area is 122 Å². The Morgan fingerprint density at radius 3 is 2.84 bits per heavy atom. The van der Waals surface area contributed by atoms with E-state index in [4.69, 9.17) is 11.6 Å². The summed E-state index contributed by atoms with van der Waals surface area (Å²) in [4.78, 5) is 16.1. The van der Waals surface area contributed by atoms with E-state index in [0.717, 1.165) is 28.5 Å². The standard InChI is InChI=1S/C14H17ClN2OS/c1-9(14-16-4-5-19-14)8-17-10(2)6-12(11(17)3)13(18)7-15/h4-6,9H,7-8H2,1-3H3. The number of aromatic nitrogens is 2. The van der Waals surface area contributed by atoms with Crippen molar-refractivity contribution >= 4 is 28.7 Å². The summed E-state index contributed by atoms with van der Waals surface area (Å²) in [5.74, 6) is 0.360. The smallest absolute Gasteiger partial charge is 0.179 e. The molecule has 0 aliphatic rings. The highest BCUT2D eigenvalue weighted by Gasteiger charge is 2.17. The van der Waals surface area contributed by atoms with Crippen LogP contribution in [0.4, 0.5) is 0 Å². The minimum atomic E-state index is -0.0112. The van der Waals surface area contributed by atoms with Crippen LogP contribution in [-0.4, -0.2) is 21.2 Å². The molecule has 0 fully saturated rings. The Balaban J connectivity index is 2.26. The number of hydrogen-bond acceptors (Lipinski definition) is 3. The first kappa shape index (κ1) is 14.3. The lowest BCUT2D eigenvalue weighted by Crippen LogP contribution is -2.10. The van der Waals surface area contributed by atoms with Gasteiger partial charge < -0.3 is 4.57 Å². The van der Waals surface area contributed by atoms with Gasteiger partial charge in [-0.2, -0.15) is 0 Å². The normalized spacial score (nSPS) is 12.6. The number of alkyl halides is 1. The van der Waals surface area contributed by atoms with E-state index in [1.165, 1.54) is 0 Å². The van der Waals surface area contributed by atoms with Crippen LogP contribution in [0.2, 0.25) is 0 Å². The van der Waals surface area contributed by atoms with Crippen molar-refractivity contribution < 1.29 is 4.79 Å². The van der Waals surface area contributed by atoms with Crippen LogP contribution < -0.4 is 0 Å². The molecule has 102 valence electrons. The van der Waals surface area contributed by atoms with E-state index >= 15 is 0 Å². The molecule has 0 radical (unpaired) electrons. The van der Waals surface area contributed by atoms with E-state index < -0.39 is 0 Å². The molecule has 0 spiro atoms. The van der Waals surface area contributed by atoms with Gasteiger partial charge in [-0.3, -0.25) is 4.79 Å². The largest absolute Gasteiger partial charge is 0.348 e. The van der Waals surface area contributed by atoms with Gasteiger partial charge in [0.05, 0.1) is 10.9 Å². The van der Waals surface area contributed by atoms with E-state index in [0.29, 0.717) is 5.92 Å². The van der Waals surface area contributed by atoms with Gasteiger partial charge in [-0.25, -0.2) is 4.98 Å². The highest BCUT2D eigenvalue weighted by atomic mass is 35.5. The first-order chi connectivity index (χ1) is 9.04. The second kappa shape index (κ2) is 5.88. The third-order valence-electron chi connectivity index (χ3n) is 3.32. The highest BCUT2D eigenvalue weighted by molar-refractivity contribution is 7.09. The minimum Gasteiger partial charge on any atom is -0.348 e. The Kier molecular flexibility index (Phi) is 4.42. The second-order valence-corrected chi connectivity index (χ2v) is 5.92. The van der Waals surface area contributed by atoms with Gasteiger partial charge in [-0.15, -0.1) is 22.9 Å². The number of halogens is 1. The topological polar surface area (TPSA) is 34.9 Å². The molecule has 1 unspecified atom stereocenters. The predicted octanol–water partition coefficient (Wildman–Crippen LogP) is 3.79. The van der Waals surface area contributed by atoms with Gasteiger partial charge >= 0.3 is 0 Å². The van der Waals surface area contributed by atoms with Crippen molar-refractivity contribution in [2.75, 3.05) is 5.88 Å². The van der Waals surface area contributed by atoms with Gasteiger partial charge in [-0.1, -0.05) is 6.92 Å². The fourth-order valence-corrected chi connectivity index (χ4v) is 3.10. The summed E-state index contributed by atoms with van der Waals surface area (Å²) in [7, 11) is 0. The number of ketones is 1. The summed E-state index contributed by atoms with van der Waals surface area (Å²) in [6, 6.07) is 1.93. The zero-order valence-corrected chi connectivity index (χ0v) is 12.9. The summed E-state index contributed by atoms with van der Waals surface area (Å²) in [5.41, 5.74) is 2.82. The van der Waals surface area contributed by atoms with Crippen molar-refractivity contribution in [3.63, 3.8) is 0 Å². The number of thiazole rings is 1. The molecule has 0 aliphatic carbocycles. The Morgan fingerprint density at radius 2 is 2.26 bits per heavy atom. The lowest BCUT2D eigenvalue weighted by atomic mass is 10.1. The summed E-state index contributed by atoms with van der Waals surface area (Å²) in [6.45, 7) is 6.98. The Morgan fingerprint density at radius 1 is 1.53 bits per heavy atom. The number of Topliss-reactive ketones (excluding diaryl/α,β-unsaturated/α-hetero) is 1. The van der Waals surface area contributed by atoms with E-state index in [1.54, 1.807) is 11.3 Å². The molecular formula is C14H17ClN2OS. The quantitative estimate of drug-likeness (QED) is 0.621. The molecule has 0 aromatic carbocycles. The molecule has 3 nitrogen and oxygen atoms in total. The third-order valence-corrected chi connectivity index (χ3v) is 4.57. The van der Waals surface area contributed by atoms with Crippen LogP contribution in [0.15, 0.2) is 17.6 Å². The molecule has 1 atom stereocenters. The average Bonchev–Trinajstić information content (AvgIpc) is 3.01. The fourth-order valence-electron chi connectivity index (χ4n) is 2.27. The number of hydrogen-bond donors (Lipinski definition) is 0. The zero-order valence-electron chi connectivity index (χ0n) is 11.3. The van der Waals surface area contributed by atoms with Crippen molar-refractivity contribution in [3.8, 4) is 0 Å². The molecule has 0 bridgehead atoms. The van der Waals surface area contributed by atoms with Gasteiger partial charge in [0, 0.05) is 41.0 Å². The minimum absolute atomic E-state index is 0.0112. The number of carbonyl (C=O) groups excluding carboxylic acids is 1. The van der Waals surface area contributed by atoms with Crippen LogP contribution in [0, 0.1) is 13.8 Å². The van der Waals surface area contributed by atoms with Crippen molar-refractivity contribution in [2.24, 2.45) is 0 Å². The van der Waals surface area contributed by atoms with E-state index in [9.17, 15) is 4.79 Å². The monoisotopic (exact) mass is 296 g/mol. The van der Waals surface area contributed by atoms with E-state index in [2.05, 4.69) is 16.5 Å². The maximum atomic E-state index is 11.8. The summed E-state index contributed by atoms with van der Waals surface area (Å²) < 4.78 is 2.17. The fraction of sp³-hybridized carbons (Fsp3) is 0.429. The van der Waals surface area contributed by atoms with Crippen molar-refractivity contribution in [1.82, 2.24) is 9.55 Å². The Bertz CT molecular complexity index is 575. The molecule has 19 heavy (non-hydrogen) atoms. The van der Waals surface area contributed by atoms with Gasteiger partial charge in [0.1, 0.15) is 0 Å². The maximum Gasteiger partial charge on any atom is 0.179 e. The molecule has 2 rings (SSSR count). The highest BCUT2D eigenvalue weighted by Crippen LogP contribution is 2.23. The van der Waals surface area contributed by atoms with Crippen LogP contribution in [0.3, 0.4) is 0 Å². The molecule has 0 amide bonds. The third kappa shape index (κ3) is 2.90. The van der Waals surface area contributed by atoms with Gasteiger partial charge in [0.15, 0.2) is 5.78 Å². The SMILES string of the molecule is Cc1cc(C(=O)CCl)c(C)n1CC(C)c1nccs1. The number of aryl methyl sites for hydroxylation is 1. The van der Waals surface area contributed by atoms with Crippen LogP contribution >= 0.6 is 22.9 Å². The second-order valence-electron chi connectivity index (χ2n) is 4.72. The van der Waals surface area contributed by atoms with Crippen LogP contribution in [-0.2, 0) is 6.54 Å². The molecule has 2 heterocycles. The number of nitrogens with zero attached hydrogens (tertiary/aromatic N) is 2. The van der Waals surface area contributed by atoms with Crippen LogP contribution in [0.25, 0.3) is 0 Å². The average molecular weight is 297 g/mol. The van der Waals surface area contributed by atoms with E-state index in [1.807, 2.05) is 31.5 Å². The molecule has 0 saturated carbocycles. The van der Waals surface area contributed by atoms with Gasteiger partial charge in [0.2, 0.25) is 0 Å². The summed E-state index contributed by atoms with van der Waals surface area (Å²) in [6.07, 6.45) is 1.83. The summed E-state index contributed by atoms with van der Waals surface area (Å²) >= 11 is 7.31. The first-order valence-electron chi connectivity index (χ1n) is 6.19. The first-order valence-corrected chi connectivity index (χ1v) is 7.61. The summed E-state index contributed by atoms with van der Waals surface area (Å²) in [5, 5.41) is 3.11. The van der Waals surface area contributed by atoms with Crippen molar-refractivity contribution in [3.05, 3.63) is 39.6 Å². The molecule has 0 aliphatic heterocycles. The van der Waals surface area contributed by atoms with E-state index in [-0.39, 0.29) is 11.7 Å². The van der Waals surface area contributed by atoms with Gasteiger partial charge in [0.25, 0.3) is 0 Å². The molecule has 2 aromatic heterocycles. The van der Waals surface area contributed by atoms with Crippen LogP contribution in [0.1, 0.15) is 39.6 Å². The maximum absolute atomic E-state index is 11.8. The predicted molar refractivity (Wildman–Crippen MR) is 79.5 cm³/mol. The number of carbonyl (C=O) groups is 1.